The number of carbonyl (C=O) groups is 1. The zero-order chi connectivity index (χ0) is 22.3. The Bertz CT molecular complexity index is 905. The van der Waals surface area contributed by atoms with E-state index < -0.39 is 11.8 Å². The molecule has 3 fully saturated rings. The second-order valence-electron chi connectivity index (χ2n) is 10.3. The van der Waals surface area contributed by atoms with Gasteiger partial charge < -0.3 is 15.0 Å². The maximum Gasteiger partial charge on any atom is 0.249 e. The lowest BCUT2D eigenvalue weighted by Gasteiger charge is -2.36. The van der Waals surface area contributed by atoms with Crippen molar-refractivity contribution in [1.29, 1.82) is 5.26 Å². The van der Waals surface area contributed by atoms with Gasteiger partial charge in [-0.3, -0.25) is 4.79 Å². The van der Waals surface area contributed by atoms with Crippen molar-refractivity contribution in [2.45, 2.75) is 62.8 Å². The van der Waals surface area contributed by atoms with E-state index in [2.05, 4.69) is 16.3 Å². The average Bonchev–Trinajstić information content (AvgIpc) is 3.20. The van der Waals surface area contributed by atoms with Gasteiger partial charge >= 0.3 is 0 Å². The molecule has 33 heavy (non-hydrogen) atoms. The first-order valence-corrected chi connectivity index (χ1v) is 12.0. The van der Waals surface area contributed by atoms with Crippen molar-refractivity contribution < 1.29 is 18.3 Å². The van der Waals surface area contributed by atoms with E-state index >= 15 is 0 Å². The zero-order valence-corrected chi connectivity index (χ0v) is 19.6. The van der Waals surface area contributed by atoms with Crippen LogP contribution in [0.5, 0.6) is 5.75 Å². The highest BCUT2D eigenvalue weighted by Gasteiger charge is 2.49. The van der Waals surface area contributed by atoms with Gasteiger partial charge in [-0.25, -0.2) is 8.78 Å². The van der Waals surface area contributed by atoms with Gasteiger partial charge in [-0.1, -0.05) is 0 Å². The Morgan fingerprint density at radius 2 is 1.97 bits per heavy atom. The topological polar surface area (TPSA) is 65.4 Å². The van der Waals surface area contributed by atoms with Crippen LogP contribution in [-0.4, -0.2) is 49.0 Å². The lowest BCUT2D eigenvalue weighted by Crippen LogP contribution is -2.48. The molecule has 1 aromatic rings. The van der Waals surface area contributed by atoms with Crippen molar-refractivity contribution in [3.63, 3.8) is 0 Å². The molecule has 0 radical (unpaired) electrons. The Balaban J connectivity index is 0.00000259. The third-order valence-electron chi connectivity index (χ3n) is 8.02. The Morgan fingerprint density at radius 3 is 2.67 bits per heavy atom. The van der Waals surface area contributed by atoms with Crippen molar-refractivity contribution in [1.82, 2.24) is 10.2 Å². The fourth-order valence-corrected chi connectivity index (χ4v) is 6.03. The van der Waals surface area contributed by atoms with Gasteiger partial charge in [-0.2, -0.15) is 5.26 Å². The number of nitrogens with zero attached hydrogens (tertiary/aromatic N) is 2. The van der Waals surface area contributed by atoms with E-state index in [9.17, 15) is 18.8 Å². The second-order valence-corrected chi connectivity index (χ2v) is 10.3. The normalized spacial score (nSPS) is 30.6. The number of alkyl halides is 2. The van der Waals surface area contributed by atoms with Gasteiger partial charge in [0.15, 0.2) is 0 Å². The summed E-state index contributed by atoms with van der Waals surface area (Å²) in [6, 6.07) is 8.14. The molecular formula is C25H32ClF2N3O2. The number of nitrogens with one attached hydrogen (secondary N) is 1. The summed E-state index contributed by atoms with van der Waals surface area (Å²) in [6.45, 7) is 3.88. The summed E-state index contributed by atoms with van der Waals surface area (Å²) in [7, 11) is 0. The molecule has 0 unspecified atom stereocenters. The highest BCUT2D eigenvalue weighted by atomic mass is 35.5. The van der Waals surface area contributed by atoms with Gasteiger partial charge in [-0.05, 0) is 62.8 Å². The van der Waals surface area contributed by atoms with E-state index in [4.69, 9.17) is 4.74 Å². The second kappa shape index (κ2) is 9.76. The van der Waals surface area contributed by atoms with Gasteiger partial charge in [0.2, 0.25) is 11.8 Å². The molecule has 0 spiro atoms. The molecule has 2 heterocycles. The number of carbonyl (C=O) groups excluding carboxylic acids is 1. The lowest BCUT2D eigenvalue weighted by atomic mass is 9.79. The van der Waals surface area contributed by atoms with Crippen LogP contribution < -0.4 is 10.1 Å². The number of hydrogen-bond donors (Lipinski definition) is 1. The van der Waals surface area contributed by atoms with Gasteiger partial charge in [0, 0.05) is 55.3 Å². The Labute approximate surface area is 200 Å². The zero-order valence-electron chi connectivity index (χ0n) is 18.8. The van der Waals surface area contributed by atoms with Crippen LogP contribution >= 0.6 is 12.4 Å². The highest BCUT2D eigenvalue weighted by Crippen LogP contribution is 2.43. The SMILES string of the molecule is Cl.N#Cc1ccc2c(c1)[C@@H]1CN(CC[C@H]3CC[C@H](NC(=O)C4CC(F)(F)C4)CC3)C[C@H]1CO2. The fourth-order valence-electron chi connectivity index (χ4n) is 6.03. The third kappa shape index (κ3) is 5.27. The van der Waals surface area contributed by atoms with E-state index in [0.717, 1.165) is 64.1 Å². The Kier molecular flexibility index (Phi) is 7.16. The largest absolute Gasteiger partial charge is 0.493 e. The monoisotopic (exact) mass is 479 g/mol. The molecule has 2 aliphatic carbocycles. The van der Waals surface area contributed by atoms with Crippen LogP contribution in [0.4, 0.5) is 8.78 Å². The summed E-state index contributed by atoms with van der Waals surface area (Å²) in [5.74, 6) is -0.802. The number of likely N-dealkylation sites (tertiary alicyclic amines) is 1. The van der Waals surface area contributed by atoms with Crippen molar-refractivity contribution in [3.05, 3.63) is 29.3 Å². The molecule has 5 nitrogen and oxygen atoms in total. The van der Waals surface area contributed by atoms with Crippen LogP contribution in [0.15, 0.2) is 18.2 Å². The summed E-state index contributed by atoms with van der Waals surface area (Å²) < 4.78 is 31.9. The van der Waals surface area contributed by atoms with E-state index in [1.165, 1.54) is 5.56 Å². The van der Waals surface area contributed by atoms with Gasteiger partial charge in [0.1, 0.15) is 5.75 Å². The number of fused-ring (bicyclic) bond motifs is 3. The summed E-state index contributed by atoms with van der Waals surface area (Å²) in [5.41, 5.74) is 1.88. The standard InChI is InChI=1S/C25H31F2N3O2.ClH/c26-25(27)10-18(11-25)24(31)29-20-4-1-16(2-5-20)7-8-30-13-19-15-32-23-6-3-17(12-28)9-21(23)22(19)14-30;/h3,6,9,16,18-20,22H,1-2,4-5,7-8,10-11,13-15H2,(H,29,31);1H/t16-,19-,20-,22+;/m0./s1. The van der Waals surface area contributed by atoms with E-state index in [1.807, 2.05) is 18.2 Å². The summed E-state index contributed by atoms with van der Waals surface area (Å²) in [5, 5.41) is 12.2. The predicted molar refractivity (Wildman–Crippen MR) is 123 cm³/mol. The molecule has 180 valence electrons. The number of benzene rings is 1. The molecule has 1 N–H and O–H groups in total. The van der Waals surface area contributed by atoms with Gasteiger partial charge in [0.05, 0.1) is 18.2 Å². The molecule has 8 heteroatoms. The van der Waals surface area contributed by atoms with E-state index in [-0.39, 0.29) is 37.2 Å². The first-order chi connectivity index (χ1) is 15.4. The molecule has 4 aliphatic rings. The lowest BCUT2D eigenvalue weighted by molar-refractivity contribution is -0.151. The van der Waals surface area contributed by atoms with E-state index in [1.54, 1.807) is 0 Å². The first-order valence-electron chi connectivity index (χ1n) is 12.0. The number of hydrogen-bond acceptors (Lipinski definition) is 4. The van der Waals surface area contributed by atoms with Crippen molar-refractivity contribution in [2.75, 3.05) is 26.2 Å². The Hall–Kier alpha value is -1.91. The minimum Gasteiger partial charge on any atom is -0.493 e. The molecule has 1 aromatic carbocycles. The Morgan fingerprint density at radius 1 is 1.21 bits per heavy atom. The molecule has 0 aromatic heterocycles. The molecule has 1 amide bonds. The maximum atomic E-state index is 13.0. The van der Waals surface area contributed by atoms with Crippen LogP contribution in [0.25, 0.3) is 0 Å². The van der Waals surface area contributed by atoms with Crippen LogP contribution in [-0.2, 0) is 4.79 Å². The van der Waals surface area contributed by atoms with Crippen LogP contribution in [0.2, 0.25) is 0 Å². The number of nitriles is 1. The quantitative estimate of drug-likeness (QED) is 0.675. The minimum absolute atomic E-state index is 0. The average molecular weight is 480 g/mol. The number of ether oxygens (including phenoxy) is 1. The molecule has 2 aliphatic heterocycles. The van der Waals surface area contributed by atoms with Gasteiger partial charge in [0.25, 0.3) is 0 Å². The molecule has 1 saturated heterocycles. The van der Waals surface area contributed by atoms with Gasteiger partial charge in [-0.15, -0.1) is 12.4 Å². The first kappa shape index (κ1) is 24.2. The van der Waals surface area contributed by atoms with Crippen LogP contribution in [0.1, 0.15) is 62.0 Å². The predicted octanol–water partition coefficient (Wildman–Crippen LogP) is 4.50. The molecule has 2 saturated carbocycles. The fraction of sp³-hybridized carbons (Fsp3) is 0.680. The van der Waals surface area contributed by atoms with Crippen molar-refractivity contribution >= 4 is 18.3 Å². The van der Waals surface area contributed by atoms with E-state index in [0.29, 0.717) is 23.3 Å². The maximum absolute atomic E-state index is 13.0. The molecule has 0 bridgehead atoms. The molecule has 2 atom stereocenters. The summed E-state index contributed by atoms with van der Waals surface area (Å²) in [6.07, 6.45) is 4.64. The smallest absolute Gasteiger partial charge is 0.249 e. The molecule has 5 rings (SSSR count). The number of rotatable bonds is 5. The van der Waals surface area contributed by atoms with Crippen LogP contribution in [0.3, 0.4) is 0 Å². The van der Waals surface area contributed by atoms with Crippen molar-refractivity contribution in [2.24, 2.45) is 17.8 Å². The number of amides is 1. The molecular weight excluding hydrogens is 448 g/mol. The minimum atomic E-state index is -2.64. The number of halogens is 3. The highest BCUT2D eigenvalue weighted by molar-refractivity contribution is 5.85. The summed E-state index contributed by atoms with van der Waals surface area (Å²) >= 11 is 0. The third-order valence-corrected chi connectivity index (χ3v) is 8.02. The van der Waals surface area contributed by atoms with Crippen molar-refractivity contribution in [3.8, 4) is 11.8 Å². The van der Waals surface area contributed by atoms with Crippen LogP contribution in [0, 0.1) is 29.1 Å². The summed E-state index contributed by atoms with van der Waals surface area (Å²) in [4.78, 5) is 14.7.